The van der Waals surface area contributed by atoms with Crippen LogP contribution < -0.4 is 0 Å². The van der Waals surface area contributed by atoms with Gasteiger partial charge in [-0.1, -0.05) is 26.2 Å². The van der Waals surface area contributed by atoms with Crippen LogP contribution in [0.3, 0.4) is 0 Å². The fourth-order valence-corrected chi connectivity index (χ4v) is 3.51. The van der Waals surface area contributed by atoms with Crippen LogP contribution in [0.15, 0.2) is 0 Å². The molecule has 16 heavy (non-hydrogen) atoms. The molecule has 1 heterocycles. The predicted molar refractivity (Wildman–Crippen MR) is 67.4 cm³/mol. The summed E-state index contributed by atoms with van der Waals surface area (Å²) in [6.45, 7) is 6.63. The molecular formula is C14H27NO. The van der Waals surface area contributed by atoms with Gasteiger partial charge in [0.1, 0.15) is 0 Å². The molecule has 0 bridgehead atoms. The van der Waals surface area contributed by atoms with Crippen molar-refractivity contribution < 1.29 is 5.11 Å². The van der Waals surface area contributed by atoms with Gasteiger partial charge in [-0.15, -0.1) is 0 Å². The second-order valence-corrected chi connectivity index (χ2v) is 5.88. The van der Waals surface area contributed by atoms with Crippen molar-refractivity contribution in [1.29, 1.82) is 0 Å². The number of likely N-dealkylation sites (tertiary alicyclic amines) is 1. The second-order valence-electron chi connectivity index (χ2n) is 5.88. The summed E-state index contributed by atoms with van der Waals surface area (Å²) in [6.07, 6.45) is 8.09. The molecule has 1 saturated carbocycles. The maximum atomic E-state index is 9.64. The first-order chi connectivity index (χ1) is 7.70. The predicted octanol–water partition coefficient (Wildman–Crippen LogP) is 2.66. The van der Waals surface area contributed by atoms with E-state index in [0.717, 1.165) is 18.5 Å². The van der Waals surface area contributed by atoms with E-state index in [1.807, 2.05) is 6.92 Å². The number of rotatable bonds is 3. The Morgan fingerprint density at radius 1 is 1.31 bits per heavy atom. The molecule has 1 aliphatic heterocycles. The van der Waals surface area contributed by atoms with Crippen LogP contribution in [0.2, 0.25) is 0 Å². The summed E-state index contributed by atoms with van der Waals surface area (Å²) >= 11 is 0. The third kappa shape index (κ3) is 2.78. The summed E-state index contributed by atoms with van der Waals surface area (Å²) in [5, 5.41) is 9.64. The van der Waals surface area contributed by atoms with E-state index in [9.17, 15) is 5.11 Å². The molecule has 2 nitrogen and oxygen atoms in total. The second kappa shape index (κ2) is 5.50. The van der Waals surface area contributed by atoms with Crippen molar-refractivity contribution >= 4 is 0 Å². The molecule has 1 saturated heterocycles. The molecule has 4 atom stereocenters. The largest absolute Gasteiger partial charge is 0.393 e. The lowest BCUT2D eigenvalue weighted by Gasteiger charge is -2.35. The van der Waals surface area contributed by atoms with Gasteiger partial charge in [-0.25, -0.2) is 0 Å². The van der Waals surface area contributed by atoms with E-state index < -0.39 is 0 Å². The summed E-state index contributed by atoms with van der Waals surface area (Å²) in [4.78, 5) is 2.65. The fourth-order valence-electron chi connectivity index (χ4n) is 3.51. The highest BCUT2D eigenvalue weighted by molar-refractivity contribution is 4.86. The fraction of sp³-hybridized carbons (Fsp3) is 1.00. The lowest BCUT2D eigenvalue weighted by Crippen LogP contribution is -2.38. The lowest BCUT2D eigenvalue weighted by molar-refractivity contribution is 0.109. The Kier molecular flexibility index (Phi) is 4.26. The Morgan fingerprint density at radius 2 is 2.12 bits per heavy atom. The SMILES string of the molecule is CCC1CCCC(N2CCC(C(C)O)C2)C1. The molecule has 0 radical (unpaired) electrons. The molecular weight excluding hydrogens is 198 g/mol. The smallest absolute Gasteiger partial charge is 0.0552 e. The zero-order valence-electron chi connectivity index (χ0n) is 10.9. The summed E-state index contributed by atoms with van der Waals surface area (Å²) in [5.41, 5.74) is 0. The molecule has 0 aromatic rings. The molecule has 2 fully saturated rings. The van der Waals surface area contributed by atoms with Crippen LogP contribution in [0.25, 0.3) is 0 Å². The maximum absolute atomic E-state index is 9.64. The third-order valence-corrected chi connectivity index (χ3v) is 4.79. The Balaban J connectivity index is 1.84. The molecule has 2 rings (SSSR count). The van der Waals surface area contributed by atoms with Gasteiger partial charge >= 0.3 is 0 Å². The Bertz CT molecular complexity index is 217. The van der Waals surface area contributed by atoms with Crippen LogP contribution in [-0.2, 0) is 0 Å². The number of hydrogen-bond acceptors (Lipinski definition) is 2. The summed E-state index contributed by atoms with van der Waals surface area (Å²) in [6, 6.07) is 0.822. The summed E-state index contributed by atoms with van der Waals surface area (Å²) < 4.78 is 0. The first kappa shape index (κ1) is 12.4. The molecule has 4 unspecified atom stereocenters. The normalized spacial score (nSPS) is 38.8. The van der Waals surface area contributed by atoms with E-state index in [0.29, 0.717) is 5.92 Å². The van der Waals surface area contributed by atoms with Crippen molar-refractivity contribution in [3.63, 3.8) is 0 Å². The lowest BCUT2D eigenvalue weighted by atomic mass is 9.83. The topological polar surface area (TPSA) is 23.5 Å². The molecule has 0 spiro atoms. The van der Waals surface area contributed by atoms with E-state index in [-0.39, 0.29) is 6.10 Å². The summed E-state index contributed by atoms with van der Waals surface area (Å²) in [5.74, 6) is 1.49. The minimum atomic E-state index is -0.115. The Labute approximate surface area is 100 Å². The van der Waals surface area contributed by atoms with E-state index in [1.165, 1.54) is 45.1 Å². The van der Waals surface area contributed by atoms with Crippen molar-refractivity contribution in [2.45, 2.75) is 64.5 Å². The molecule has 1 aliphatic carbocycles. The van der Waals surface area contributed by atoms with Gasteiger partial charge < -0.3 is 5.11 Å². The van der Waals surface area contributed by atoms with Crippen molar-refractivity contribution in [3.8, 4) is 0 Å². The van der Waals surface area contributed by atoms with E-state index >= 15 is 0 Å². The van der Waals surface area contributed by atoms with Crippen LogP contribution in [0.4, 0.5) is 0 Å². The third-order valence-electron chi connectivity index (χ3n) is 4.79. The Morgan fingerprint density at radius 3 is 2.75 bits per heavy atom. The van der Waals surface area contributed by atoms with Gasteiger partial charge in [0.25, 0.3) is 0 Å². The van der Waals surface area contributed by atoms with Gasteiger partial charge in [0.15, 0.2) is 0 Å². The molecule has 0 aromatic carbocycles. The monoisotopic (exact) mass is 225 g/mol. The van der Waals surface area contributed by atoms with Crippen LogP contribution in [-0.4, -0.2) is 35.2 Å². The first-order valence-electron chi connectivity index (χ1n) is 7.12. The van der Waals surface area contributed by atoms with Crippen molar-refractivity contribution in [1.82, 2.24) is 4.90 Å². The van der Waals surface area contributed by atoms with Gasteiger partial charge in [0, 0.05) is 12.6 Å². The maximum Gasteiger partial charge on any atom is 0.0552 e. The van der Waals surface area contributed by atoms with Gasteiger partial charge in [-0.05, 0) is 44.6 Å². The van der Waals surface area contributed by atoms with Gasteiger partial charge in [0.2, 0.25) is 0 Å². The zero-order valence-corrected chi connectivity index (χ0v) is 10.9. The summed E-state index contributed by atoms with van der Waals surface area (Å²) in [7, 11) is 0. The zero-order chi connectivity index (χ0) is 11.5. The van der Waals surface area contributed by atoms with E-state index in [2.05, 4.69) is 11.8 Å². The highest BCUT2D eigenvalue weighted by Gasteiger charge is 2.32. The van der Waals surface area contributed by atoms with Gasteiger partial charge in [0.05, 0.1) is 6.10 Å². The minimum absolute atomic E-state index is 0.115. The first-order valence-corrected chi connectivity index (χ1v) is 7.12. The average molecular weight is 225 g/mol. The van der Waals surface area contributed by atoms with Crippen LogP contribution in [0.5, 0.6) is 0 Å². The average Bonchev–Trinajstić information content (AvgIpc) is 2.78. The van der Waals surface area contributed by atoms with E-state index in [1.54, 1.807) is 0 Å². The molecule has 2 heteroatoms. The molecule has 0 aromatic heterocycles. The minimum Gasteiger partial charge on any atom is -0.393 e. The van der Waals surface area contributed by atoms with Crippen LogP contribution >= 0.6 is 0 Å². The number of aliphatic hydroxyl groups is 1. The van der Waals surface area contributed by atoms with Crippen LogP contribution in [0, 0.1) is 11.8 Å². The number of aliphatic hydroxyl groups excluding tert-OH is 1. The molecule has 1 N–H and O–H groups in total. The molecule has 94 valence electrons. The highest BCUT2D eigenvalue weighted by Crippen LogP contribution is 2.33. The van der Waals surface area contributed by atoms with Crippen LogP contribution in [0.1, 0.15) is 52.4 Å². The van der Waals surface area contributed by atoms with Gasteiger partial charge in [-0.2, -0.15) is 0 Å². The molecule has 0 amide bonds. The number of nitrogens with zero attached hydrogens (tertiary/aromatic N) is 1. The van der Waals surface area contributed by atoms with Crippen molar-refractivity contribution in [2.75, 3.05) is 13.1 Å². The Hall–Kier alpha value is -0.0800. The van der Waals surface area contributed by atoms with Crippen molar-refractivity contribution in [2.24, 2.45) is 11.8 Å². The van der Waals surface area contributed by atoms with E-state index in [4.69, 9.17) is 0 Å². The van der Waals surface area contributed by atoms with Crippen molar-refractivity contribution in [3.05, 3.63) is 0 Å². The van der Waals surface area contributed by atoms with Gasteiger partial charge in [-0.3, -0.25) is 4.90 Å². The standard InChI is InChI=1S/C14H27NO/c1-3-12-5-4-6-14(9-12)15-8-7-13(10-15)11(2)16/h11-14,16H,3-10H2,1-2H3. The quantitative estimate of drug-likeness (QED) is 0.798. The number of hydrogen-bond donors (Lipinski definition) is 1. The highest BCUT2D eigenvalue weighted by atomic mass is 16.3. The molecule has 2 aliphatic rings.